The van der Waals surface area contributed by atoms with Crippen molar-refractivity contribution in [2.24, 2.45) is 0 Å². The van der Waals surface area contributed by atoms with Crippen LogP contribution in [0.2, 0.25) is 5.02 Å². The number of hydrogen-bond donors (Lipinski definition) is 1. The summed E-state index contributed by atoms with van der Waals surface area (Å²) < 4.78 is 15.6. The van der Waals surface area contributed by atoms with E-state index in [4.69, 9.17) is 25.8 Å². The molecule has 0 saturated heterocycles. The Bertz CT molecular complexity index is 485. The molecule has 1 heterocycles. The summed E-state index contributed by atoms with van der Waals surface area (Å²) in [5, 5.41) is 10.7. The molecule has 1 N–H and O–H groups in total. The van der Waals surface area contributed by atoms with E-state index in [0.717, 1.165) is 18.4 Å². The number of aliphatic hydroxyl groups is 1. The van der Waals surface area contributed by atoms with Crippen LogP contribution in [0.25, 0.3) is 0 Å². The van der Waals surface area contributed by atoms with Gasteiger partial charge in [-0.15, -0.1) is 0 Å². The van der Waals surface area contributed by atoms with E-state index in [1.54, 1.807) is 25.5 Å². The second-order valence-corrected chi connectivity index (χ2v) is 4.65. The topological polar surface area (TPSA) is 47.9 Å². The number of ether oxygens (including phenoxy) is 3. The van der Waals surface area contributed by atoms with E-state index < -0.39 is 6.10 Å². The Kier molecular flexibility index (Phi) is 4.56. The quantitative estimate of drug-likeness (QED) is 0.923. The van der Waals surface area contributed by atoms with Gasteiger partial charge < -0.3 is 19.3 Å². The lowest BCUT2D eigenvalue weighted by Crippen LogP contribution is -2.09. The van der Waals surface area contributed by atoms with Gasteiger partial charge in [-0.1, -0.05) is 17.7 Å². The number of aliphatic hydroxyl groups excluding tert-OH is 1. The Balaban J connectivity index is 2.37. The molecule has 0 fully saturated rings. The second kappa shape index (κ2) is 6.17. The molecule has 104 valence electrons. The monoisotopic (exact) mass is 284 g/mol. The summed E-state index contributed by atoms with van der Waals surface area (Å²) >= 11 is 6.27. The lowest BCUT2D eigenvalue weighted by molar-refractivity contribution is 0.170. The van der Waals surface area contributed by atoms with Gasteiger partial charge in [0.05, 0.1) is 32.1 Å². The summed E-state index contributed by atoms with van der Waals surface area (Å²) in [5.41, 5.74) is 1.41. The minimum atomic E-state index is -0.785. The van der Waals surface area contributed by atoms with E-state index in [2.05, 4.69) is 0 Å². The van der Waals surface area contributed by atoms with Gasteiger partial charge in [-0.3, -0.25) is 0 Å². The molecule has 1 aliphatic rings. The van der Waals surface area contributed by atoms with E-state index in [-0.39, 0.29) is 0 Å². The van der Waals surface area contributed by atoms with Crippen molar-refractivity contribution in [3.05, 3.63) is 34.6 Å². The molecule has 1 aromatic rings. The molecule has 4 nitrogen and oxygen atoms in total. The highest BCUT2D eigenvalue weighted by Gasteiger charge is 2.22. The van der Waals surface area contributed by atoms with Crippen molar-refractivity contribution < 1.29 is 19.3 Å². The molecule has 1 atom stereocenters. The van der Waals surface area contributed by atoms with E-state index in [1.165, 1.54) is 7.11 Å². The number of halogens is 1. The summed E-state index contributed by atoms with van der Waals surface area (Å²) in [6.07, 6.45) is 2.52. The van der Waals surface area contributed by atoms with Crippen LogP contribution in [0, 0.1) is 0 Å². The Morgan fingerprint density at radius 2 is 2.11 bits per heavy atom. The average Bonchev–Trinajstić information content (AvgIpc) is 2.47. The third-order valence-electron chi connectivity index (χ3n) is 3.12. The SMILES string of the molecule is COc1ccc(C(O)C2=COCCC2)c(Cl)c1OC. The summed E-state index contributed by atoms with van der Waals surface area (Å²) in [6, 6.07) is 3.47. The standard InChI is InChI=1S/C14H17ClO4/c1-17-11-6-5-10(12(15)14(11)18-2)13(16)9-4-3-7-19-8-9/h5-6,8,13,16H,3-4,7H2,1-2H3. The molecule has 1 unspecified atom stereocenters. The summed E-state index contributed by atoms with van der Waals surface area (Å²) in [6.45, 7) is 0.690. The highest BCUT2D eigenvalue weighted by molar-refractivity contribution is 6.33. The third kappa shape index (κ3) is 2.80. The first kappa shape index (κ1) is 14.0. The van der Waals surface area contributed by atoms with Crippen LogP contribution in [0.4, 0.5) is 0 Å². The second-order valence-electron chi connectivity index (χ2n) is 4.27. The van der Waals surface area contributed by atoms with Crippen LogP contribution < -0.4 is 9.47 Å². The minimum absolute atomic E-state index is 0.362. The molecule has 1 aliphatic heterocycles. The maximum absolute atomic E-state index is 10.4. The number of hydrogen-bond acceptors (Lipinski definition) is 4. The normalized spacial score (nSPS) is 16.3. The number of methoxy groups -OCH3 is 2. The van der Waals surface area contributed by atoms with E-state index in [9.17, 15) is 5.11 Å². The van der Waals surface area contributed by atoms with Crippen LogP contribution in [-0.4, -0.2) is 25.9 Å². The van der Waals surface area contributed by atoms with Gasteiger partial charge in [-0.2, -0.15) is 0 Å². The maximum atomic E-state index is 10.4. The van der Waals surface area contributed by atoms with Crippen LogP contribution in [-0.2, 0) is 4.74 Å². The highest BCUT2D eigenvalue weighted by Crippen LogP contribution is 2.41. The predicted octanol–water partition coefficient (Wildman–Crippen LogP) is 3.08. The molecule has 0 spiro atoms. The highest BCUT2D eigenvalue weighted by atomic mass is 35.5. The van der Waals surface area contributed by atoms with Crippen molar-refractivity contribution in [2.45, 2.75) is 18.9 Å². The van der Waals surface area contributed by atoms with Gasteiger partial charge in [0.2, 0.25) is 0 Å². The van der Waals surface area contributed by atoms with E-state index in [1.807, 2.05) is 0 Å². The third-order valence-corrected chi connectivity index (χ3v) is 3.51. The zero-order chi connectivity index (χ0) is 13.8. The largest absolute Gasteiger partial charge is 0.501 e. The van der Waals surface area contributed by atoms with E-state index >= 15 is 0 Å². The first-order valence-electron chi connectivity index (χ1n) is 6.08. The fourth-order valence-corrected chi connectivity index (χ4v) is 2.44. The Morgan fingerprint density at radius 3 is 2.68 bits per heavy atom. The fraction of sp³-hybridized carbons (Fsp3) is 0.429. The Morgan fingerprint density at radius 1 is 1.32 bits per heavy atom. The predicted molar refractivity (Wildman–Crippen MR) is 72.8 cm³/mol. The van der Waals surface area contributed by atoms with Crippen LogP contribution in [0.1, 0.15) is 24.5 Å². The maximum Gasteiger partial charge on any atom is 0.179 e. The molecule has 0 amide bonds. The first-order valence-corrected chi connectivity index (χ1v) is 6.45. The van der Waals surface area contributed by atoms with Crippen molar-refractivity contribution in [3.63, 3.8) is 0 Å². The summed E-state index contributed by atoms with van der Waals surface area (Å²) in [7, 11) is 3.06. The van der Waals surface area contributed by atoms with E-state index in [0.29, 0.717) is 28.7 Å². The van der Waals surface area contributed by atoms with Gasteiger partial charge in [0, 0.05) is 5.56 Å². The molecule has 0 aliphatic carbocycles. The molecule has 1 aromatic carbocycles. The van der Waals surface area contributed by atoms with Crippen LogP contribution in [0.5, 0.6) is 11.5 Å². The Hall–Kier alpha value is -1.39. The van der Waals surface area contributed by atoms with Crippen molar-refractivity contribution in [1.29, 1.82) is 0 Å². The molecule has 5 heteroatoms. The first-order chi connectivity index (χ1) is 9.19. The lowest BCUT2D eigenvalue weighted by atomic mass is 9.97. The van der Waals surface area contributed by atoms with Crippen molar-refractivity contribution in [2.75, 3.05) is 20.8 Å². The van der Waals surface area contributed by atoms with Gasteiger partial charge in [-0.25, -0.2) is 0 Å². The van der Waals surface area contributed by atoms with Crippen molar-refractivity contribution in [1.82, 2.24) is 0 Å². The van der Waals surface area contributed by atoms with Crippen LogP contribution in [0.15, 0.2) is 24.0 Å². The van der Waals surface area contributed by atoms with Crippen LogP contribution in [0.3, 0.4) is 0 Å². The van der Waals surface area contributed by atoms with Gasteiger partial charge >= 0.3 is 0 Å². The molecule has 0 radical (unpaired) electrons. The summed E-state index contributed by atoms with van der Waals surface area (Å²) in [5.74, 6) is 0.968. The van der Waals surface area contributed by atoms with Crippen molar-refractivity contribution >= 4 is 11.6 Å². The minimum Gasteiger partial charge on any atom is -0.501 e. The molecule has 19 heavy (non-hydrogen) atoms. The van der Waals surface area contributed by atoms with Gasteiger partial charge in [0.25, 0.3) is 0 Å². The van der Waals surface area contributed by atoms with Crippen LogP contribution >= 0.6 is 11.6 Å². The number of benzene rings is 1. The fourth-order valence-electron chi connectivity index (χ4n) is 2.10. The molecule has 0 bridgehead atoms. The molecular weight excluding hydrogens is 268 g/mol. The van der Waals surface area contributed by atoms with Gasteiger partial charge in [0.1, 0.15) is 6.10 Å². The molecule has 0 saturated carbocycles. The van der Waals surface area contributed by atoms with Gasteiger partial charge in [-0.05, 0) is 24.5 Å². The lowest BCUT2D eigenvalue weighted by Gasteiger charge is -2.21. The van der Waals surface area contributed by atoms with Crippen molar-refractivity contribution in [3.8, 4) is 11.5 Å². The summed E-state index contributed by atoms with van der Waals surface area (Å²) in [4.78, 5) is 0. The molecular formula is C14H17ClO4. The zero-order valence-corrected chi connectivity index (χ0v) is 11.7. The number of rotatable bonds is 4. The Labute approximate surface area is 117 Å². The molecule has 2 rings (SSSR count). The smallest absolute Gasteiger partial charge is 0.179 e. The van der Waals surface area contributed by atoms with Gasteiger partial charge in [0.15, 0.2) is 11.5 Å². The zero-order valence-electron chi connectivity index (χ0n) is 11.0. The molecule has 0 aromatic heterocycles. The average molecular weight is 285 g/mol.